The molecule has 0 spiro atoms. The first-order valence-corrected chi connectivity index (χ1v) is 17.7. The highest BCUT2D eigenvalue weighted by atomic mass is 32.5. The third-order valence-electron chi connectivity index (χ3n) is 7.86. The van der Waals surface area contributed by atoms with E-state index in [-0.39, 0.29) is 33.9 Å². The van der Waals surface area contributed by atoms with Crippen molar-refractivity contribution < 1.29 is 50.7 Å². The summed E-state index contributed by atoms with van der Waals surface area (Å²) in [6, 6.07) is 0. The monoisotopic (exact) mass is 718 g/mol. The van der Waals surface area contributed by atoms with Gasteiger partial charge in [-0.1, -0.05) is 0 Å². The number of fused-ring (bicyclic) bond motifs is 7. The minimum atomic E-state index is -5.18. The molecule has 0 radical (unpaired) electrons. The van der Waals surface area contributed by atoms with E-state index in [0.717, 1.165) is 12.7 Å². The Morgan fingerprint density at radius 3 is 2.51 bits per heavy atom. The lowest BCUT2D eigenvalue weighted by atomic mass is 10.1. The summed E-state index contributed by atoms with van der Waals surface area (Å²) in [7, 11) is -5.18. The summed E-state index contributed by atoms with van der Waals surface area (Å²) in [5.74, 6) is 0.149. The Bertz CT molecular complexity index is 2180. The summed E-state index contributed by atoms with van der Waals surface area (Å²) < 4.78 is 82.1. The lowest BCUT2D eigenvalue weighted by Gasteiger charge is -2.26. The number of rotatable bonds is 2. The molecule has 2 unspecified atom stereocenters. The van der Waals surface area contributed by atoms with Gasteiger partial charge in [0.1, 0.15) is 36.3 Å². The number of ether oxygens (including phenoxy) is 2. The number of hydrogen-bond donors (Lipinski definition) is 4. The van der Waals surface area contributed by atoms with E-state index in [4.69, 9.17) is 45.1 Å². The van der Waals surface area contributed by atoms with Crippen LogP contribution in [0.2, 0.25) is 0 Å². The number of halogens is 2. The molecule has 3 aliphatic heterocycles. The number of alkyl halides is 2. The van der Waals surface area contributed by atoms with Crippen molar-refractivity contribution in [3.8, 4) is 0 Å². The first kappa shape index (κ1) is 31.0. The Labute approximate surface area is 264 Å². The number of aromatic nitrogens is 9. The van der Waals surface area contributed by atoms with Crippen molar-refractivity contribution in [2.75, 3.05) is 18.9 Å². The molecule has 20 nitrogen and oxygen atoms in total. The predicted octanol–water partition coefficient (Wildman–Crippen LogP) is 0.400. The molecule has 0 amide bonds. The molecule has 0 aromatic carbocycles. The molecule has 8 heterocycles. The molecule has 5 N–H and O–H groups in total. The average molecular weight is 718 g/mol. The highest BCUT2D eigenvalue weighted by Crippen LogP contribution is 2.54. The zero-order valence-electron chi connectivity index (χ0n) is 23.3. The van der Waals surface area contributed by atoms with Crippen LogP contribution in [0.4, 0.5) is 14.6 Å². The zero-order valence-corrected chi connectivity index (χ0v) is 25.9. The molecule has 8 rings (SSSR count). The molecule has 0 aliphatic carbocycles. The van der Waals surface area contributed by atoms with E-state index in [1.54, 1.807) is 0 Å². The van der Waals surface area contributed by atoms with Crippen LogP contribution in [-0.4, -0.2) is 103 Å². The van der Waals surface area contributed by atoms with E-state index >= 15 is 8.78 Å². The normalized spacial score (nSPS) is 36.8. The lowest BCUT2D eigenvalue weighted by molar-refractivity contribution is -0.0642. The van der Waals surface area contributed by atoms with Crippen molar-refractivity contribution in [2.45, 2.75) is 49.2 Å². The van der Waals surface area contributed by atoms with Gasteiger partial charge in [0.2, 0.25) is 5.78 Å². The number of H-pyrrole nitrogens is 1. The number of phosphoric ester groups is 1. The van der Waals surface area contributed by atoms with Gasteiger partial charge >= 0.3 is 14.5 Å². The standard InChI is InChI=1S/C22H22F2N10O10P2S/c23-10-8-3-40-46(38,47)44-14-9(42-20(11(14)24)33-6-29-12-16(25)27-5-28-17(12)33)4-39-45(36,37)43-15(10)21(41-8)34-7-30-13-18(35)31-22-26-1-2-32(22)19(13)34/h1-2,5-11,14-15,20-21H,3-4H2,(H,36,37)(H,38,47)(H2,25,27,28)(H,26,31,35)/t8-,9-,10-,11-,14-,15-,20-,21-,46?/m1/s1. The fraction of sp³-hybridized carbons (Fsp3) is 0.455. The molecule has 0 saturated carbocycles. The molecule has 5 aromatic heterocycles. The Morgan fingerprint density at radius 1 is 0.936 bits per heavy atom. The first-order valence-electron chi connectivity index (χ1n) is 13.7. The average Bonchev–Trinajstić information content (AvgIpc) is 3.84. The summed E-state index contributed by atoms with van der Waals surface area (Å²) in [6.07, 6.45) is -7.59. The summed E-state index contributed by atoms with van der Waals surface area (Å²) in [5.41, 5.74) is 5.50. The number of nitrogens with zero attached hydrogens (tertiary/aromatic N) is 8. The SMILES string of the molecule is Nc1ncnc2c1ncn2[C@@H]1O[C@@H]2COP(=O)(O)O[C@@H]3[C@H](F)[C@@H](COP(O)(=S)O[C@H]2[C@H]1F)O[C@H]3n1cnc2c(=O)[nH]c3nccn3c21. The van der Waals surface area contributed by atoms with Gasteiger partial charge in [0.05, 0.1) is 25.9 Å². The van der Waals surface area contributed by atoms with Crippen molar-refractivity contribution in [3.05, 3.63) is 41.7 Å². The van der Waals surface area contributed by atoms with Crippen molar-refractivity contribution in [1.29, 1.82) is 0 Å². The number of aromatic amines is 1. The second kappa shape index (κ2) is 11.1. The van der Waals surface area contributed by atoms with Gasteiger partial charge in [-0.05, 0) is 11.8 Å². The highest BCUT2D eigenvalue weighted by molar-refractivity contribution is 8.07. The van der Waals surface area contributed by atoms with Crippen molar-refractivity contribution in [2.24, 2.45) is 0 Å². The van der Waals surface area contributed by atoms with Crippen molar-refractivity contribution >= 4 is 60.3 Å². The fourth-order valence-corrected chi connectivity index (χ4v) is 8.13. The molecule has 25 heteroatoms. The number of phosphoric acid groups is 1. The van der Waals surface area contributed by atoms with Crippen LogP contribution < -0.4 is 11.3 Å². The first-order chi connectivity index (χ1) is 22.4. The fourth-order valence-electron chi connectivity index (χ4n) is 5.77. The van der Waals surface area contributed by atoms with E-state index in [1.165, 1.54) is 32.3 Å². The summed E-state index contributed by atoms with van der Waals surface area (Å²) in [6.45, 7) is -5.98. The number of anilines is 1. The zero-order chi connectivity index (χ0) is 32.8. The molecule has 10 atom stereocenters. The Hall–Kier alpha value is -3.34. The minimum Gasteiger partial charge on any atom is -0.382 e. The summed E-state index contributed by atoms with van der Waals surface area (Å²) in [4.78, 5) is 57.0. The Kier molecular flexibility index (Phi) is 7.31. The molecular formula is C22H22F2N10O10P2S. The van der Waals surface area contributed by atoms with Gasteiger partial charge in [-0.3, -0.25) is 36.9 Å². The smallest absolute Gasteiger partial charge is 0.382 e. The Morgan fingerprint density at radius 2 is 1.68 bits per heavy atom. The molecule has 3 saturated heterocycles. The van der Waals surface area contributed by atoms with Crippen LogP contribution in [0.3, 0.4) is 0 Å². The van der Waals surface area contributed by atoms with Gasteiger partial charge in [-0.25, -0.2) is 38.3 Å². The largest absolute Gasteiger partial charge is 0.472 e. The topological polar surface area (TPSA) is 251 Å². The van der Waals surface area contributed by atoms with Crippen LogP contribution in [0.5, 0.6) is 0 Å². The van der Waals surface area contributed by atoms with Crippen molar-refractivity contribution in [3.63, 3.8) is 0 Å². The van der Waals surface area contributed by atoms with E-state index in [9.17, 15) is 19.1 Å². The summed E-state index contributed by atoms with van der Waals surface area (Å²) in [5, 5.41) is 0. The second-order valence-corrected chi connectivity index (χ2v) is 14.9. The van der Waals surface area contributed by atoms with Gasteiger partial charge in [-0.2, -0.15) is 0 Å². The molecule has 47 heavy (non-hydrogen) atoms. The van der Waals surface area contributed by atoms with Crippen LogP contribution in [-0.2, 0) is 43.9 Å². The van der Waals surface area contributed by atoms with E-state index in [2.05, 4.69) is 29.9 Å². The quantitative estimate of drug-likeness (QED) is 0.180. The number of nitrogens with one attached hydrogen (secondary N) is 1. The van der Waals surface area contributed by atoms with Gasteiger partial charge < -0.3 is 29.5 Å². The number of hydrogen-bond acceptors (Lipinski definition) is 15. The maximum absolute atomic E-state index is 16.0. The number of nitrogens with two attached hydrogens (primary N) is 1. The third-order valence-corrected chi connectivity index (χ3v) is 10.4. The van der Waals surface area contributed by atoms with Gasteiger partial charge in [0.15, 0.2) is 47.4 Å². The van der Waals surface area contributed by atoms with Crippen LogP contribution in [0, 0.1) is 0 Å². The van der Waals surface area contributed by atoms with Crippen LogP contribution in [0.1, 0.15) is 12.5 Å². The van der Waals surface area contributed by atoms with E-state index < -0.39 is 82.5 Å². The van der Waals surface area contributed by atoms with E-state index in [0.29, 0.717) is 0 Å². The van der Waals surface area contributed by atoms with Crippen LogP contribution in [0.15, 0.2) is 36.2 Å². The van der Waals surface area contributed by atoms with Gasteiger partial charge in [-0.15, -0.1) is 0 Å². The van der Waals surface area contributed by atoms with Crippen LogP contribution in [0.25, 0.3) is 28.1 Å². The number of nitrogen functional groups attached to an aromatic ring is 1. The van der Waals surface area contributed by atoms with Crippen LogP contribution >= 0.6 is 14.5 Å². The van der Waals surface area contributed by atoms with Gasteiger partial charge in [0.25, 0.3) is 5.56 Å². The highest BCUT2D eigenvalue weighted by Gasteiger charge is 2.54. The Balaban J connectivity index is 1.13. The lowest BCUT2D eigenvalue weighted by Crippen LogP contribution is -2.34. The minimum absolute atomic E-state index is 0.0215. The third kappa shape index (κ3) is 5.18. The van der Waals surface area contributed by atoms with E-state index in [1.807, 2.05) is 0 Å². The maximum atomic E-state index is 16.0. The second-order valence-electron chi connectivity index (χ2n) is 10.7. The predicted molar refractivity (Wildman–Crippen MR) is 154 cm³/mol. The van der Waals surface area contributed by atoms with Crippen molar-refractivity contribution in [1.82, 2.24) is 43.4 Å². The summed E-state index contributed by atoms with van der Waals surface area (Å²) >= 11 is 5.12. The molecule has 250 valence electrons. The molecule has 2 bridgehead atoms. The molecule has 5 aromatic rings. The van der Waals surface area contributed by atoms with Gasteiger partial charge in [0, 0.05) is 12.4 Å². The maximum Gasteiger partial charge on any atom is 0.472 e. The molecule has 3 aliphatic rings. The molecule has 3 fully saturated rings. The molecular weight excluding hydrogens is 696 g/mol. The number of imidazole rings is 3.